The lowest BCUT2D eigenvalue weighted by molar-refractivity contribution is 0.173. The summed E-state index contributed by atoms with van der Waals surface area (Å²) in [4.78, 5) is 7.88. The van der Waals surface area contributed by atoms with Crippen LogP contribution < -0.4 is 14.8 Å². The summed E-state index contributed by atoms with van der Waals surface area (Å²) in [5, 5.41) is 3.23. The van der Waals surface area contributed by atoms with Crippen LogP contribution in [-0.4, -0.2) is 16.8 Å². The molecule has 3 rings (SSSR count). The van der Waals surface area contributed by atoms with Crippen molar-refractivity contribution in [1.82, 2.24) is 9.97 Å². The van der Waals surface area contributed by atoms with Crippen LogP contribution in [0.2, 0.25) is 0 Å². The predicted molar refractivity (Wildman–Crippen MR) is 61.9 cm³/mol. The maximum atomic E-state index is 5.42. The molecule has 0 unspecified atom stereocenters. The van der Waals surface area contributed by atoms with Crippen LogP contribution in [0.4, 0.5) is 5.69 Å². The minimum absolute atomic E-state index is 0.292. The minimum Gasteiger partial charge on any atom is -0.454 e. The highest BCUT2D eigenvalue weighted by atomic mass is 16.7. The molecule has 2 heterocycles. The Morgan fingerprint density at radius 1 is 1.18 bits per heavy atom. The normalized spacial score (nSPS) is 12.5. The van der Waals surface area contributed by atoms with Gasteiger partial charge in [0.05, 0.1) is 18.1 Å². The molecule has 17 heavy (non-hydrogen) atoms. The second-order valence-corrected chi connectivity index (χ2v) is 3.63. The molecule has 0 fully saturated rings. The van der Waals surface area contributed by atoms with E-state index in [1.807, 2.05) is 18.2 Å². The van der Waals surface area contributed by atoms with Crippen LogP contribution in [0.1, 0.15) is 5.56 Å². The van der Waals surface area contributed by atoms with E-state index in [-0.39, 0.29) is 0 Å². The zero-order valence-corrected chi connectivity index (χ0v) is 9.09. The van der Waals surface area contributed by atoms with E-state index < -0.39 is 0 Å². The van der Waals surface area contributed by atoms with Crippen LogP contribution in [0, 0.1) is 0 Å². The van der Waals surface area contributed by atoms with E-state index in [1.165, 1.54) is 6.33 Å². The number of anilines is 1. The molecule has 0 atom stereocenters. The average molecular weight is 229 g/mol. The van der Waals surface area contributed by atoms with E-state index in [1.54, 1.807) is 12.4 Å². The fourth-order valence-electron chi connectivity index (χ4n) is 1.72. The lowest BCUT2D eigenvalue weighted by Crippen LogP contribution is -2.01. The van der Waals surface area contributed by atoms with Gasteiger partial charge in [-0.1, -0.05) is 12.1 Å². The Bertz CT molecular complexity index is 516. The Labute approximate surface area is 98.4 Å². The average Bonchev–Trinajstić information content (AvgIpc) is 2.86. The summed E-state index contributed by atoms with van der Waals surface area (Å²) in [5.74, 6) is 1.62. The van der Waals surface area contributed by atoms with E-state index in [2.05, 4.69) is 15.3 Å². The number of nitrogens with one attached hydrogen (secondary N) is 1. The van der Waals surface area contributed by atoms with Crippen LogP contribution in [0.15, 0.2) is 36.9 Å². The van der Waals surface area contributed by atoms with Crippen molar-refractivity contribution in [2.45, 2.75) is 6.54 Å². The van der Waals surface area contributed by atoms with Gasteiger partial charge in [0.1, 0.15) is 6.33 Å². The number of benzene rings is 1. The van der Waals surface area contributed by atoms with Crippen molar-refractivity contribution in [2.24, 2.45) is 0 Å². The summed E-state index contributed by atoms with van der Waals surface area (Å²) in [6, 6.07) is 5.85. The first kappa shape index (κ1) is 9.89. The van der Waals surface area contributed by atoms with E-state index in [0.29, 0.717) is 13.3 Å². The van der Waals surface area contributed by atoms with Gasteiger partial charge in [-0.3, -0.25) is 0 Å². The van der Waals surface area contributed by atoms with Gasteiger partial charge in [-0.05, 0) is 6.07 Å². The van der Waals surface area contributed by atoms with Crippen LogP contribution in [-0.2, 0) is 6.54 Å². The third-order valence-corrected chi connectivity index (χ3v) is 2.52. The fourth-order valence-corrected chi connectivity index (χ4v) is 1.72. The summed E-state index contributed by atoms with van der Waals surface area (Å²) in [5.41, 5.74) is 1.94. The summed E-state index contributed by atoms with van der Waals surface area (Å²) in [7, 11) is 0. The molecule has 0 aliphatic carbocycles. The van der Waals surface area contributed by atoms with Crippen LogP contribution >= 0.6 is 0 Å². The van der Waals surface area contributed by atoms with E-state index >= 15 is 0 Å². The highest BCUT2D eigenvalue weighted by Gasteiger charge is 2.16. The van der Waals surface area contributed by atoms with Gasteiger partial charge < -0.3 is 14.8 Å². The number of hydrogen-bond acceptors (Lipinski definition) is 5. The maximum absolute atomic E-state index is 5.42. The topological polar surface area (TPSA) is 56.3 Å². The summed E-state index contributed by atoms with van der Waals surface area (Å²) < 4.78 is 10.7. The number of rotatable bonds is 3. The quantitative estimate of drug-likeness (QED) is 0.870. The SMILES string of the molecule is c1cc(CNc2cncnc2)c2c(c1)OCO2. The second kappa shape index (κ2) is 4.29. The molecule has 5 heteroatoms. The van der Waals surface area contributed by atoms with Gasteiger partial charge in [-0.25, -0.2) is 9.97 Å². The Morgan fingerprint density at radius 2 is 2.06 bits per heavy atom. The molecule has 86 valence electrons. The van der Waals surface area contributed by atoms with Crippen molar-refractivity contribution >= 4 is 5.69 Å². The van der Waals surface area contributed by atoms with E-state index in [4.69, 9.17) is 9.47 Å². The Kier molecular flexibility index (Phi) is 2.50. The predicted octanol–water partition coefficient (Wildman–Crippen LogP) is 1.82. The third-order valence-electron chi connectivity index (χ3n) is 2.52. The molecule has 1 aromatic carbocycles. The first-order valence-corrected chi connectivity index (χ1v) is 5.30. The number of ether oxygens (including phenoxy) is 2. The molecule has 0 radical (unpaired) electrons. The van der Waals surface area contributed by atoms with Gasteiger partial charge in [0.2, 0.25) is 6.79 Å². The monoisotopic (exact) mass is 229 g/mol. The highest BCUT2D eigenvalue weighted by Crippen LogP contribution is 2.35. The Morgan fingerprint density at radius 3 is 2.94 bits per heavy atom. The number of nitrogens with zero attached hydrogens (tertiary/aromatic N) is 2. The molecule has 2 aromatic rings. The van der Waals surface area contributed by atoms with Gasteiger partial charge in [-0.15, -0.1) is 0 Å². The number of para-hydroxylation sites is 1. The van der Waals surface area contributed by atoms with Crippen molar-refractivity contribution < 1.29 is 9.47 Å². The van der Waals surface area contributed by atoms with Crippen molar-refractivity contribution in [3.63, 3.8) is 0 Å². The molecule has 0 bridgehead atoms. The molecule has 1 aromatic heterocycles. The van der Waals surface area contributed by atoms with E-state index in [0.717, 1.165) is 22.7 Å². The summed E-state index contributed by atoms with van der Waals surface area (Å²) >= 11 is 0. The van der Waals surface area contributed by atoms with Crippen molar-refractivity contribution in [1.29, 1.82) is 0 Å². The van der Waals surface area contributed by atoms with Crippen molar-refractivity contribution in [2.75, 3.05) is 12.1 Å². The van der Waals surface area contributed by atoms with Gasteiger partial charge >= 0.3 is 0 Å². The summed E-state index contributed by atoms with van der Waals surface area (Å²) in [6.07, 6.45) is 4.96. The lowest BCUT2D eigenvalue weighted by atomic mass is 10.2. The molecule has 0 saturated carbocycles. The molecule has 0 amide bonds. The molecular weight excluding hydrogens is 218 g/mol. The first-order valence-electron chi connectivity index (χ1n) is 5.30. The van der Waals surface area contributed by atoms with Crippen molar-refractivity contribution in [3.05, 3.63) is 42.5 Å². The van der Waals surface area contributed by atoms with Gasteiger partial charge in [0.25, 0.3) is 0 Å². The number of fused-ring (bicyclic) bond motifs is 1. The highest BCUT2D eigenvalue weighted by molar-refractivity contribution is 5.50. The molecular formula is C12H11N3O2. The Balaban J connectivity index is 1.76. The Hall–Kier alpha value is -2.30. The van der Waals surface area contributed by atoms with Crippen molar-refractivity contribution in [3.8, 4) is 11.5 Å². The maximum Gasteiger partial charge on any atom is 0.231 e. The zero-order chi connectivity index (χ0) is 11.5. The van der Waals surface area contributed by atoms with Crippen LogP contribution in [0.5, 0.6) is 11.5 Å². The third kappa shape index (κ3) is 1.99. The minimum atomic E-state index is 0.292. The molecule has 1 aliphatic rings. The largest absolute Gasteiger partial charge is 0.454 e. The van der Waals surface area contributed by atoms with Gasteiger partial charge in [0.15, 0.2) is 11.5 Å². The smallest absolute Gasteiger partial charge is 0.231 e. The molecule has 5 nitrogen and oxygen atoms in total. The molecule has 1 aliphatic heterocycles. The standard InChI is InChI=1S/C12H11N3O2/c1-2-9(12-11(3-1)16-8-17-12)4-15-10-5-13-7-14-6-10/h1-3,5-7,15H,4,8H2. The number of aromatic nitrogens is 2. The fraction of sp³-hybridized carbons (Fsp3) is 0.167. The van der Waals surface area contributed by atoms with Gasteiger partial charge in [0, 0.05) is 12.1 Å². The summed E-state index contributed by atoms with van der Waals surface area (Å²) in [6.45, 7) is 0.945. The molecule has 0 spiro atoms. The molecule has 1 N–H and O–H groups in total. The van der Waals surface area contributed by atoms with Gasteiger partial charge in [-0.2, -0.15) is 0 Å². The van der Waals surface area contributed by atoms with E-state index in [9.17, 15) is 0 Å². The molecule has 0 saturated heterocycles. The van der Waals surface area contributed by atoms with Crippen LogP contribution in [0.3, 0.4) is 0 Å². The second-order valence-electron chi connectivity index (χ2n) is 3.63. The lowest BCUT2D eigenvalue weighted by Gasteiger charge is -2.07. The number of hydrogen-bond donors (Lipinski definition) is 1. The zero-order valence-electron chi connectivity index (χ0n) is 9.09. The first-order chi connectivity index (χ1) is 8.43. The van der Waals surface area contributed by atoms with Crippen LogP contribution in [0.25, 0.3) is 0 Å².